The fourth-order valence-electron chi connectivity index (χ4n) is 3.24. The maximum absolute atomic E-state index is 14.1. The number of ketones is 1. The molecule has 0 aliphatic heterocycles. The van der Waals surface area contributed by atoms with Gasteiger partial charge in [0.15, 0.2) is 5.78 Å². The number of sulfone groups is 1. The van der Waals surface area contributed by atoms with Crippen LogP contribution in [0.3, 0.4) is 0 Å². The van der Waals surface area contributed by atoms with E-state index in [2.05, 4.69) is 9.79 Å². The van der Waals surface area contributed by atoms with Gasteiger partial charge in [0.2, 0.25) is 0 Å². The van der Waals surface area contributed by atoms with Crippen LogP contribution in [0, 0.1) is 11.0 Å². The van der Waals surface area contributed by atoms with Crippen LogP contribution in [0.25, 0.3) is 0 Å². The summed E-state index contributed by atoms with van der Waals surface area (Å²) in [6, 6.07) is 17.2. The standard InChI is InChI=1S/C24H19FN2O8S/c1-32-17-13-16(22(28)20-9-5-6-10-21(20)25)14-18(15-17)33-11-12-34-23-24(27(29)35-26-23)36(30,31)19-7-3-2-4-8-19/h2-10,13-15H,11-12H2,1H3. The van der Waals surface area contributed by atoms with Crippen LogP contribution in [-0.4, -0.2) is 39.7 Å². The number of nitrogens with zero attached hydrogens (tertiary/aromatic N) is 2. The van der Waals surface area contributed by atoms with Gasteiger partial charge in [0.05, 0.1) is 22.7 Å². The molecule has 12 heteroatoms. The molecule has 0 atom stereocenters. The molecule has 1 heterocycles. The van der Waals surface area contributed by atoms with Crippen LogP contribution in [0.15, 0.2) is 87.3 Å². The fourth-order valence-corrected chi connectivity index (χ4v) is 4.54. The van der Waals surface area contributed by atoms with Crippen LogP contribution in [0.4, 0.5) is 4.39 Å². The Morgan fingerprint density at radius 2 is 1.67 bits per heavy atom. The first kappa shape index (κ1) is 24.7. The number of ether oxygens (including phenoxy) is 3. The van der Waals surface area contributed by atoms with Crippen molar-refractivity contribution in [3.8, 4) is 17.4 Å². The molecule has 3 aromatic carbocycles. The van der Waals surface area contributed by atoms with Gasteiger partial charge in [-0.3, -0.25) is 9.42 Å². The molecule has 0 fully saturated rings. The summed E-state index contributed by atoms with van der Waals surface area (Å²) in [7, 11) is -2.86. The Labute approximate surface area is 204 Å². The molecule has 0 amide bonds. The number of carbonyl (C=O) groups excluding carboxylic acids is 1. The molecule has 0 aliphatic rings. The zero-order chi connectivity index (χ0) is 25.7. The summed E-state index contributed by atoms with van der Waals surface area (Å²) < 4.78 is 60.2. The molecule has 0 aliphatic carbocycles. The Morgan fingerprint density at radius 3 is 2.39 bits per heavy atom. The Balaban J connectivity index is 1.47. The average molecular weight is 514 g/mol. The van der Waals surface area contributed by atoms with Gasteiger partial charge in [0.25, 0.3) is 9.84 Å². The molecular formula is C24H19FN2O8S. The van der Waals surface area contributed by atoms with E-state index in [9.17, 15) is 22.8 Å². The largest absolute Gasteiger partial charge is 0.497 e. The molecule has 36 heavy (non-hydrogen) atoms. The van der Waals surface area contributed by atoms with Crippen LogP contribution in [-0.2, 0) is 9.84 Å². The molecule has 1 aromatic heterocycles. The van der Waals surface area contributed by atoms with Crippen molar-refractivity contribution in [3.05, 3.63) is 94.9 Å². The van der Waals surface area contributed by atoms with Crippen molar-refractivity contribution < 1.29 is 41.3 Å². The fraction of sp³-hybridized carbons (Fsp3) is 0.125. The van der Waals surface area contributed by atoms with Gasteiger partial charge >= 0.3 is 10.9 Å². The Morgan fingerprint density at radius 1 is 1.00 bits per heavy atom. The van der Waals surface area contributed by atoms with Crippen LogP contribution < -0.4 is 19.1 Å². The summed E-state index contributed by atoms with van der Waals surface area (Å²) in [6.45, 7) is -0.352. The molecule has 0 unspecified atom stereocenters. The summed E-state index contributed by atoms with van der Waals surface area (Å²) >= 11 is 0. The van der Waals surface area contributed by atoms with Crippen molar-refractivity contribution in [2.75, 3.05) is 20.3 Å². The quantitative estimate of drug-likeness (QED) is 0.178. The van der Waals surface area contributed by atoms with Crippen molar-refractivity contribution in [2.45, 2.75) is 9.92 Å². The lowest BCUT2D eigenvalue weighted by Gasteiger charge is -2.11. The highest BCUT2D eigenvalue weighted by atomic mass is 32.2. The second-order valence-corrected chi connectivity index (χ2v) is 9.12. The number of benzene rings is 3. The zero-order valence-corrected chi connectivity index (χ0v) is 19.6. The van der Waals surface area contributed by atoms with E-state index in [4.69, 9.17) is 14.2 Å². The van der Waals surface area contributed by atoms with Crippen LogP contribution in [0.5, 0.6) is 17.4 Å². The van der Waals surface area contributed by atoms with Gasteiger partial charge in [-0.1, -0.05) is 30.3 Å². The Bertz CT molecular complexity index is 1490. The second-order valence-electron chi connectivity index (χ2n) is 7.26. The number of methoxy groups -OCH3 is 1. The molecule has 4 rings (SSSR count). The molecule has 0 radical (unpaired) electrons. The van der Waals surface area contributed by atoms with E-state index in [-0.39, 0.29) is 39.9 Å². The molecule has 0 bridgehead atoms. The number of hydrogen-bond acceptors (Lipinski definition) is 9. The molecule has 186 valence electrons. The first-order valence-electron chi connectivity index (χ1n) is 10.4. The van der Waals surface area contributed by atoms with Crippen LogP contribution in [0.1, 0.15) is 15.9 Å². The molecule has 0 N–H and O–H groups in total. The average Bonchev–Trinajstić information content (AvgIpc) is 3.27. The van der Waals surface area contributed by atoms with E-state index in [1.165, 1.54) is 67.8 Å². The third-order valence-electron chi connectivity index (χ3n) is 4.94. The Hall–Kier alpha value is -4.45. The lowest BCUT2D eigenvalue weighted by atomic mass is 10.0. The summed E-state index contributed by atoms with van der Waals surface area (Å²) in [5.74, 6) is -1.24. The molecule has 0 saturated heterocycles. The van der Waals surface area contributed by atoms with Crippen molar-refractivity contribution in [1.82, 2.24) is 5.16 Å². The third kappa shape index (κ3) is 5.13. The van der Waals surface area contributed by atoms with Crippen LogP contribution >= 0.6 is 0 Å². The highest BCUT2D eigenvalue weighted by Gasteiger charge is 2.35. The van der Waals surface area contributed by atoms with E-state index >= 15 is 0 Å². The predicted octanol–water partition coefficient (Wildman–Crippen LogP) is 2.98. The zero-order valence-electron chi connectivity index (χ0n) is 18.8. The van der Waals surface area contributed by atoms with E-state index < -0.39 is 32.3 Å². The van der Waals surface area contributed by atoms with Crippen molar-refractivity contribution >= 4 is 15.6 Å². The summed E-state index contributed by atoms with van der Waals surface area (Å²) in [4.78, 5) is 12.4. The molecule has 4 aromatic rings. The van der Waals surface area contributed by atoms with Gasteiger partial charge in [0, 0.05) is 11.6 Å². The van der Waals surface area contributed by atoms with Crippen LogP contribution in [0.2, 0.25) is 0 Å². The maximum Gasteiger partial charge on any atom is 0.415 e. The second kappa shape index (κ2) is 10.4. The molecule has 0 saturated carbocycles. The lowest BCUT2D eigenvalue weighted by molar-refractivity contribution is -0.832. The number of aromatic nitrogens is 2. The maximum atomic E-state index is 14.1. The smallest absolute Gasteiger partial charge is 0.415 e. The minimum absolute atomic E-state index is 0.107. The van der Waals surface area contributed by atoms with E-state index in [0.717, 1.165) is 0 Å². The topological polar surface area (TPSA) is 132 Å². The first-order valence-corrected chi connectivity index (χ1v) is 11.9. The SMILES string of the molecule is COc1cc(OCCOc2no[n+]([O-])c2S(=O)(=O)c2ccccc2)cc(C(=O)c2ccccc2F)c1. The minimum Gasteiger partial charge on any atom is -0.497 e. The van der Waals surface area contributed by atoms with Gasteiger partial charge < -0.3 is 19.4 Å². The lowest BCUT2D eigenvalue weighted by Crippen LogP contribution is -2.31. The highest BCUT2D eigenvalue weighted by Crippen LogP contribution is 2.27. The number of carbonyl (C=O) groups is 1. The third-order valence-corrected chi connectivity index (χ3v) is 6.67. The van der Waals surface area contributed by atoms with Gasteiger partial charge in [-0.05, 0) is 41.3 Å². The predicted molar refractivity (Wildman–Crippen MR) is 121 cm³/mol. The molecular weight excluding hydrogens is 495 g/mol. The number of rotatable bonds is 10. The summed E-state index contributed by atoms with van der Waals surface area (Å²) in [5, 5.41) is 14.5. The monoisotopic (exact) mass is 514 g/mol. The highest BCUT2D eigenvalue weighted by molar-refractivity contribution is 7.91. The number of halogens is 1. The van der Waals surface area contributed by atoms with Gasteiger partial charge in [0.1, 0.15) is 30.5 Å². The first-order chi connectivity index (χ1) is 17.3. The normalized spacial score (nSPS) is 11.2. The van der Waals surface area contributed by atoms with Gasteiger partial charge in [-0.15, -0.1) is 0 Å². The minimum atomic E-state index is -4.26. The van der Waals surface area contributed by atoms with Crippen molar-refractivity contribution in [3.63, 3.8) is 0 Å². The van der Waals surface area contributed by atoms with Crippen molar-refractivity contribution in [2.24, 2.45) is 0 Å². The molecule has 10 nitrogen and oxygen atoms in total. The van der Waals surface area contributed by atoms with Gasteiger partial charge in [-0.25, -0.2) is 12.8 Å². The van der Waals surface area contributed by atoms with E-state index in [1.54, 1.807) is 12.1 Å². The Kier molecular flexibility index (Phi) is 7.15. The molecule has 0 spiro atoms. The number of hydrogen-bond donors (Lipinski definition) is 0. The van der Waals surface area contributed by atoms with Crippen molar-refractivity contribution in [1.29, 1.82) is 0 Å². The summed E-state index contributed by atoms with van der Waals surface area (Å²) in [6.07, 6.45) is 0. The summed E-state index contributed by atoms with van der Waals surface area (Å²) in [5.41, 5.74) is 0.0275. The van der Waals surface area contributed by atoms with E-state index in [0.29, 0.717) is 5.75 Å². The van der Waals surface area contributed by atoms with Gasteiger partial charge in [-0.2, -0.15) is 0 Å². The van der Waals surface area contributed by atoms with E-state index in [1.807, 2.05) is 0 Å².